The van der Waals surface area contributed by atoms with Crippen LogP contribution in [0.1, 0.15) is 37.3 Å². The number of thiazole rings is 1. The number of anilines is 1. The van der Waals surface area contributed by atoms with Gasteiger partial charge in [-0.05, 0) is 26.3 Å². The number of aromatic nitrogens is 1. The largest absolute Gasteiger partial charge is 0.349 e. The van der Waals surface area contributed by atoms with Gasteiger partial charge in [0.1, 0.15) is 0 Å². The van der Waals surface area contributed by atoms with Crippen LogP contribution in [-0.2, 0) is 6.54 Å². The van der Waals surface area contributed by atoms with Gasteiger partial charge in [0, 0.05) is 36.8 Å². The van der Waals surface area contributed by atoms with E-state index in [0.717, 1.165) is 24.8 Å². The van der Waals surface area contributed by atoms with E-state index in [-0.39, 0.29) is 0 Å². The molecule has 0 unspecified atom stereocenters. The minimum atomic E-state index is 0.357. The molecule has 1 aromatic carbocycles. The van der Waals surface area contributed by atoms with Crippen molar-refractivity contribution in [3.8, 4) is 0 Å². The normalized spacial score (nSPS) is 12.3. The smallest absolute Gasteiger partial charge is 0.185 e. The fraction of sp³-hybridized carbons (Fsp3) is 0.438. The predicted octanol–water partition coefficient (Wildman–Crippen LogP) is 3.84. The van der Waals surface area contributed by atoms with E-state index in [1.54, 1.807) is 11.3 Å². The topological polar surface area (TPSA) is 28.2 Å². The molecule has 0 aliphatic carbocycles. The first-order chi connectivity index (χ1) is 9.74. The SMILES string of the molecule is CCN(CC)c1ncc(CN[C@H](C)c2ccccc2)s1. The van der Waals surface area contributed by atoms with Crippen molar-refractivity contribution < 1.29 is 0 Å². The van der Waals surface area contributed by atoms with E-state index in [9.17, 15) is 0 Å². The highest BCUT2D eigenvalue weighted by Gasteiger charge is 2.09. The lowest BCUT2D eigenvalue weighted by molar-refractivity contribution is 0.578. The first-order valence-electron chi connectivity index (χ1n) is 7.22. The molecule has 3 nitrogen and oxygen atoms in total. The fourth-order valence-electron chi connectivity index (χ4n) is 2.13. The van der Waals surface area contributed by atoms with Crippen LogP contribution in [0.5, 0.6) is 0 Å². The van der Waals surface area contributed by atoms with Crippen molar-refractivity contribution in [3.05, 3.63) is 47.0 Å². The average Bonchev–Trinajstić information content (AvgIpc) is 2.96. The summed E-state index contributed by atoms with van der Waals surface area (Å²) in [6.45, 7) is 9.42. The zero-order chi connectivity index (χ0) is 14.4. The first-order valence-corrected chi connectivity index (χ1v) is 8.04. The van der Waals surface area contributed by atoms with Crippen LogP contribution >= 0.6 is 11.3 Å². The average molecular weight is 289 g/mol. The standard InChI is InChI=1S/C16H23N3S/c1-4-19(5-2)16-18-12-15(20-16)11-17-13(3)14-9-7-6-8-10-14/h6-10,12-13,17H,4-5,11H2,1-3H3/t13-/m1/s1. The van der Waals surface area contributed by atoms with Gasteiger partial charge in [-0.1, -0.05) is 30.3 Å². The molecule has 0 aliphatic rings. The Balaban J connectivity index is 1.91. The van der Waals surface area contributed by atoms with Gasteiger partial charge < -0.3 is 10.2 Å². The summed E-state index contributed by atoms with van der Waals surface area (Å²) in [5, 5.41) is 4.68. The van der Waals surface area contributed by atoms with E-state index in [2.05, 4.69) is 66.3 Å². The molecule has 0 saturated heterocycles. The molecule has 0 spiro atoms. The van der Waals surface area contributed by atoms with Crippen molar-refractivity contribution in [3.63, 3.8) is 0 Å². The maximum absolute atomic E-state index is 4.51. The molecule has 0 amide bonds. The Bertz CT molecular complexity index is 505. The van der Waals surface area contributed by atoms with Gasteiger partial charge in [-0.2, -0.15) is 0 Å². The Labute approximate surface area is 125 Å². The van der Waals surface area contributed by atoms with E-state index in [4.69, 9.17) is 0 Å². The fourth-order valence-corrected chi connectivity index (χ4v) is 3.12. The number of nitrogens with one attached hydrogen (secondary N) is 1. The van der Waals surface area contributed by atoms with Gasteiger partial charge in [-0.25, -0.2) is 4.98 Å². The third-order valence-corrected chi connectivity index (χ3v) is 4.52. The van der Waals surface area contributed by atoms with Gasteiger partial charge in [0.2, 0.25) is 0 Å². The molecule has 1 atom stereocenters. The summed E-state index contributed by atoms with van der Waals surface area (Å²) in [5.41, 5.74) is 1.32. The molecule has 20 heavy (non-hydrogen) atoms. The second-order valence-corrected chi connectivity index (χ2v) is 5.89. The van der Waals surface area contributed by atoms with Crippen molar-refractivity contribution >= 4 is 16.5 Å². The molecule has 0 radical (unpaired) electrons. The zero-order valence-corrected chi connectivity index (χ0v) is 13.3. The summed E-state index contributed by atoms with van der Waals surface area (Å²) in [6.07, 6.45) is 1.99. The molecule has 0 saturated carbocycles. The highest BCUT2D eigenvalue weighted by Crippen LogP contribution is 2.23. The third-order valence-electron chi connectivity index (χ3n) is 3.46. The van der Waals surface area contributed by atoms with E-state index >= 15 is 0 Å². The highest BCUT2D eigenvalue weighted by atomic mass is 32.1. The Hall–Kier alpha value is -1.39. The molecule has 0 bridgehead atoms. The highest BCUT2D eigenvalue weighted by molar-refractivity contribution is 7.15. The van der Waals surface area contributed by atoms with Gasteiger partial charge in [0.15, 0.2) is 5.13 Å². The Morgan fingerprint density at radius 2 is 1.90 bits per heavy atom. The molecule has 1 aromatic heterocycles. The summed E-state index contributed by atoms with van der Waals surface area (Å²) in [4.78, 5) is 8.09. The third kappa shape index (κ3) is 3.81. The maximum atomic E-state index is 4.51. The summed E-state index contributed by atoms with van der Waals surface area (Å²) >= 11 is 1.78. The van der Waals surface area contributed by atoms with Crippen molar-refractivity contribution in [2.75, 3.05) is 18.0 Å². The van der Waals surface area contributed by atoms with E-state index < -0.39 is 0 Å². The molecule has 2 aromatic rings. The molecule has 4 heteroatoms. The van der Waals surface area contributed by atoms with Crippen LogP contribution in [0.4, 0.5) is 5.13 Å². The minimum absolute atomic E-state index is 0.357. The van der Waals surface area contributed by atoms with Gasteiger partial charge in [0.25, 0.3) is 0 Å². The molecule has 2 rings (SSSR count). The zero-order valence-electron chi connectivity index (χ0n) is 12.5. The second kappa shape index (κ2) is 7.41. The lowest BCUT2D eigenvalue weighted by Crippen LogP contribution is -2.21. The van der Waals surface area contributed by atoms with Gasteiger partial charge in [0.05, 0.1) is 0 Å². The lowest BCUT2D eigenvalue weighted by Gasteiger charge is -2.16. The van der Waals surface area contributed by atoms with Crippen LogP contribution in [0.3, 0.4) is 0 Å². The quantitative estimate of drug-likeness (QED) is 0.839. The van der Waals surface area contributed by atoms with Crippen LogP contribution in [0.2, 0.25) is 0 Å². The monoisotopic (exact) mass is 289 g/mol. The summed E-state index contributed by atoms with van der Waals surface area (Å²) < 4.78 is 0. The van der Waals surface area contributed by atoms with Crippen LogP contribution in [0, 0.1) is 0 Å². The summed E-state index contributed by atoms with van der Waals surface area (Å²) in [6, 6.07) is 10.9. The molecule has 1 heterocycles. The minimum Gasteiger partial charge on any atom is -0.349 e. The van der Waals surface area contributed by atoms with Crippen LogP contribution in [0.15, 0.2) is 36.5 Å². The summed E-state index contributed by atoms with van der Waals surface area (Å²) in [5.74, 6) is 0. The van der Waals surface area contributed by atoms with Crippen molar-refractivity contribution in [2.45, 2.75) is 33.4 Å². The van der Waals surface area contributed by atoms with Gasteiger partial charge >= 0.3 is 0 Å². The molecule has 0 fully saturated rings. The summed E-state index contributed by atoms with van der Waals surface area (Å²) in [7, 11) is 0. The van der Waals surface area contributed by atoms with E-state index in [1.807, 2.05) is 6.20 Å². The number of hydrogen-bond acceptors (Lipinski definition) is 4. The number of rotatable bonds is 7. The van der Waals surface area contributed by atoms with Gasteiger partial charge in [-0.3, -0.25) is 0 Å². The van der Waals surface area contributed by atoms with Crippen LogP contribution in [0.25, 0.3) is 0 Å². The second-order valence-electron chi connectivity index (χ2n) is 4.79. The lowest BCUT2D eigenvalue weighted by atomic mass is 10.1. The van der Waals surface area contributed by atoms with Crippen molar-refractivity contribution in [1.82, 2.24) is 10.3 Å². The maximum Gasteiger partial charge on any atom is 0.185 e. The molecular formula is C16H23N3S. The van der Waals surface area contributed by atoms with Crippen molar-refractivity contribution in [1.29, 1.82) is 0 Å². The number of benzene rings is 1. The first kappa shape index (κ1) is 15.0. The molecule has 108 valence electrons. The Morgan fingerprint density at radius 3 is 2.55 bits per heavy atom. The Kier molecular flexibility index (Phi) is 5.56. The van der Waals surface area contributed by atoms with E-state index in [0.29, 0.717) is 6.04 Å². The van der Waals surface area contributed by atoms with Crippen LogP contribution in [-0.4, -0.2) is 18.1 Å². The van der Waals surface area contributed by atoms with Crippen LogP contribution < -0.4 is 10.2 Å². The Morgan fingerprint density at radius 1 is 1.20 bits per heavy atom. The van der Waals surface area contributed by atoms with E-state index in [1.165, 1.54) is 10.4 Å². The molecular weight excluding hydrogens is 266 g/mol. The van der Waals surface area contributed by atoms with Crippen molar-refractivity contribution in [2.24, 2.45) is 0 Å². The number of hydrogen-bond donors (Lipinski definition) is 1. The molecule has 0 aliphatic heterocycles. The molecule has 1 N–H and O–H groups in total. The predicted molar refractivity (Wildman–Crippen MR) is 87.4 cm³/mol. The van der Waals surface area contributed by atoms with Gasteiger partial charge in [-0.15, -0.1) is 11.3 Å². The number of nitrogens with zero attached hydrogens (tertiary/aromatic N) is 2.